The van der Waals surface area contributed by atoms with Gasteiger partial charge in [-0.25, -0.2) is 0 Å². The van der Waals surface area contributed by atoms with Crippen molar-refractivity contribution >= 4 is 5.91 Å². The van der Waals surface area contributed by atoms with Gasteiger partial charge < -0.3 is 15.6 Å². The van der Waals surface area contributed by atoms with Crippen LogP contribution in [0.2, 0.25) is 0 Å². The van der Waals surface area contributed by atoms with Gasteiger partial charge in [0.05, 0.1) is 0 Å². The molecule has 1 atom stereocenters. The Labute approximate surface area is 113 Å². The number of benzene rings is 1. The summed E-state index contributed by atoms with van der Waals surface area (Å²) in [6.45, 7) is 2.38. The zero-order valence-corrected chi connectivity index (χ0v) is 11.3. The minimum atomic E-state index is -0.0415. The first-order chi connectivity index (χ1) is 9.13. The van der Waals surface area contributed by atoms with E-state index in [0.717, 1.165) is 11.3 Å². The molecule has 0 saturated heterocycles. The molecule has 2 rings (SSSR count). The second kappa shape index (κ2) is 5.71. The van der Waals surface area contributed by atoms with Crippen LogP contribution in [0.25, 0.3) is 11.3 Å². The lowest BCUT2D eigenvalue weighted by Gasteiger charge is -2.22. The highest BCUT2D eigenvalue weighted by Gasteiger charge is 2.17. The molecule has 1 amide bonds. The first kappa shape index (κ1) is 13.4. The Morgan fingerprint density at radius 1 is 1.26 bits per heavy atom. The number of carbonyl (C=O) groups is 1. The molecule has 0 radical (unpaired) electrons. The molecule has 100 valence electrons. The average Bonchev–Trinajstić information content (AvgIpc) is 2.95. The van der Waals surface area contributed by atoms with Gasteiger partial charge in [0.25, 0.3) is 5.91 Å². The van der Waals surface area contributed by atoms with Gasteiger partial charge in [-0.15, -0.1) is 0 Å². The van der Waals surface area contributed by atoms with Crippen molar-refractivity contribution in [1.82, 2.24) is 9.88 Å². The molecule has 0 spiro atoms. The van der Waals surface area contributed by atoms with Gasteiger partial charge in [0, 0.05) is 25.3 Å². The van der Waals surface area contributed by atoms with E-state index in [1.54, 1.807) is 11.9 Å². The lowest BCUT2D eigenvalue weighted by atomic mass is 10.2. The number of nitrogens with one attached hydrogen (secondary N) is 1. The topological polar surface area (TPSA) is 62.1 Å². The van der Waals surface area contributed by atoms with Crippen LogP contribution in [0, 0.1) is 0 Å². The molecular formula is C15H19N3O. The van der Waals surface area contributed by atoms with Crippen molar-refractivity contribution in [1.29, 1.82) is 0 Å². The highest BCUT2D eigenvalue weighted by atomic mass is 16.2. The number of hydrogen-bond acceptors (Lipinski definition) is 2. The number of amides is 1. The molecule has 0 aliphatic heterocycles. The molecule has 0 saturated carbocycles. The van der Waals surface area contributed by atoms with Gasteiger partial charge in [-0.05, 0) is 24.6 Å². The molecule has 4 nitrogen and oxygen atoms in total. The molecule has 19 heavy (non-hydrogen) atoms. The van der Waals surface area contributed by atoms with Gasteiger partial charge in [0.2, 0.25) is 0 Å². The summed E-state index contributed by atoms with van der Waals surface area (Å²) in [5, 5.41) is 0. The van der Waals surface area contributed by atoms with E-state index >= 15 is 0 Å². The summed E-state index contributed by atoms with van der Waals surface area (Å²) in [4.78, 5) is 17.0. The van der Waals surface area contributed by atoms with E-state index in [4.69, 9.17) is 5.73 Å². The molecule has 3 N–H and O–H groups in total. The van der Waals surface area contributed by atoms with E-state index in [2.05, 4.69) is 4.98 Å². The number of hydrogen-bond donors (Lipinski definition) is 2. The first-order valence-electron chi connectivity index (χ1n) is 6.35. The summed E-state index contributed by atoms with van der Waals surface area (Å²) in [6, 6.07) is 13.7. The number of aromatic nitrogens is 1. The number of nitrogens with zero attached hydrogens (tertiary/aromatic N) is 1. The third-order valence-electron chi connectivity index (χ3n) is 3.32. The van der Waals surface area contributed by atoms with Crippen LogP contribution < -0.4 is 5.73 Å². The fourth-order valence-electron chi connectivity index (χ4n) is 1.85. The third kappa shape index (κ3) is 2.85. The van der Waals surface area contributed by atoms with E-state index in [9.17, 15) is 4.79 Å². The van der Waals surface area contributed by atoms with Crippen LogP contribution in [0.15, 0.2) is 42.5 Å². The summed E-state index contributed by atoms with van der Waals surface area (Å²) in [5.41, 5.74) is 8.17. The maximum absolute atomic E-state index is 12.2. The van der Waals surface area contributed by atoms with Crippen molar-refractivity contribution < 1.29 is 4.79 Å². The molecule has 1 unspecified atom stereocenters. The third-order valence-corrected chi connectivity index (χ3v) is 3.32. The Bertz CT molecular complexity index is 548. The molecule has 0 fully saturated rings. The van der Waals surface area contributed by atoms with Gasteiger partial charge >= 0.3 is 0 Å². The second-order valence-electron chi connectivity index (χ2n) is 4.65. The van der Waals surface area contributed by atoms with Crippen molar-refractivity contribution in [2.24, 2.45) is 5.73 Å². The van der Waals surface area contributed by atoms with E-state index < -0.39 is 0 Å². The van der Waals surface area contributed by atoms with Crippen LogP contribution in [-0.4, -0.2) is 35.4 Å². The van der Waals surface area contributed by atoms with Crippen LogP contribution >= 0.6 is 0 Å². The van der Waals surface area contributed by atoms with Crippen LogP contribution in [0.5, 0.6) is 0 Å². The number of H-pyrrole nitrogens is 1. The molecule has 0 aliphatic carbocycles. The van der Waals surface area contributed by atoms with Crippen molar-refractivity contribution in [3.63, 3.8) is 0 Å². The first-order valence-corrected chi connectivity index (χ1v) is 6.35. The predicted molar refractivity (Wildman–Crippen MR) is 76.8 cm³/mol. The summed E-state index contributed by atoms with van der Waals surface area (Å²) in [5.74, 6) is -0.0415. The van der Waals surface area contributed by atoms with Gasteiger partial charge in [0.1, 0.15) is 5.69 Å². The smallest absolute Gasteiger partial charge is 0.270 e. The van der Waals surface area contributed by atoms with Crippen molar-refractivity contribution in [3.05, 3.63) is 48.2 Å². The minimum Gasteiger partial charge on any atom is -0.351 e. The lowest BCUT2D eigenvalue weighted by Crippen LogP contribution is -2.39. The van der Waals surface area contributed by atoms with Crippen molar-refractivity contribution in [2.75, 3.05) is 13.6 Å². The highest BCUT2D eigenvalue weighted by Crippen LogP contribution is 2.18. The highest BCUT2D eigenvalue weighted by molar-refractivity contribution is 5.93. The molecule has 0 aliphatic rings. The zero-order valence-electron chi connectivity index (χ0n) is 11.3. The fourth-order valence-corrected chi connectivity index (χ4v) is 1.85. The maximum Gasteiger partial charge on any atom is 0.270 e. The van der Waals surface area contributed by atoms with E-state index in [1.807, 2.05) is 49.4 Å². The van der Waals surface area contributed by atoms with Crippen LogP contribution in [0.1, 0.15) is 17.4 Å². The standard InChI is InChI=1S/C15H19N3O/c1-11(10-16)18(2)15(19)14-9-8-13(17-14)12-6-4-3-5-7-12/h3-9,11,17H,10,16H2,1-2H3. The Morgan fingerprint density at radius 3 is 2.58 bits per heavy atom. The Kier molecular flexibility index (Phi) is 4.02. The number of carbonyl (C=O) groups excluding carboxylic acids is 1. The molecule has 4 heteroatoms. The van der Waals surface area contributed by atoms with Gasteiger partial charge in [-0.1, -0.05) is 30.3 Å². The van der Waals surface area contributed by atoms with Crippen LogP contribution in [-0.2, 0) is 0 Å². The SMILES string of the molecule is CC(CN)N(C)C(=O)c1ccc(-c2ccccc2)[nH]1. The summed E-state index contributed by atoms with van der Waals surface area (Å²) < 4.78 is 0. The molecule has 0 bridgehead atoms. The van der Waals surface area contributed by atoms with Crippen LogP contribution in [0.4, 0.5) is 0 Å². The van der Waals surface area contributed by atoms with Gasteiger partial charge in [0.15, 0.2) is 0 Å². The molecular weight excluding hydrogens is 238 g/mol. The number of aromatic amines is 1. The number of likely N-dealkylation sites (N-methyl/N-ethyl adjacent to an activating group) is 1. The largest absolute Gasteiger partial charge is 0.351 e. The van der Waals surface area contributed by atoms with Gasteiger partial charge in [-0.3, -0.25) is 4.79 Å². The lowest BCUT2D eigenvalue weighted by molar-refractivity contribution is 0.0743. The normalized spacial score (nSPS) is 12.2. The van der Waals surface area contributed by atoms with Crippen LogP contribution in [0.3, 0.4) is 0 Å². The monoisotopic (exact) mass is 257 g/mol. The average molecular weight is 257 g/mol. The molecule has 2 aromatic rings. The fraction of sp³-hybridized carbons (Fsp3) is 0.267. The summed E-state index contributed by atoms with van der Waals surface area (Å²) >= 11 is 0. The second-order valence-corrected chi connectivity index (χ2v) is 4.65. The Morgan fingerprint density at radius 2 is 1.95 bits per heavy atom. The van der Waals surface area contributed by atoms with E-state index in [0.29, 0.717) is 12.2 Å². The minimum absolute atomic E-state index is 0.0241. The quantitative estimate of drug-likeness (QED) is 0.881. The van der Waals surface area contributed by atoms with Crippen molar-refractivity contribution in [3.8, 4) is 11.3 Å². The van der Waals surface area contributed by atoms with Gasteiger partial charge in [-0.2, -0.15) is 0 Å². The molecule has 1 aromatic carbocycles. The van der Waals surface area contributed by atoms with Crippen molar-refractivity contribution in [2.45, 2.75) is 13.0 Å². The predicted octanol–water partition coefficient (Wildman–Crippen LogP) is 2.10. The van der Waals surface area contributed by atoms with E-state index in [-0.39, 0.29) is 11.9 Å². The maximum atomic E-state index is 12.2. The number of nitrogens with two attached hydrogens (primary N) is 1. The molecule has 1 heterocycles. The molecule has 1 aromatic heterocycles. The Hall–Kier alpha value is -2.07. The number of rotatable bonds is 4. The summed E-state index contributed by atoms with van der Waals surface area (Å²) in [6.07, 6.45) is 0. The zero-order chi connectivity index (χ0) is 13.8. The Balaban J connectivity index is 2.20. The van der Waals surface area contributed by atoms with E-state index in [1.165, 1.54) is 0 Å². The summed E-state index contributed by atoms with van der Waals surface area (Å²) in [7, 11) is 1.77.